The van der Waals surface area contributed by atoms with Crippen molar-refractivity contribution in [3.8, 4) is 0 Å². The van der Waals surface area contributed by atoms with Crippen molar-refractivity contribution >= 4 is 50.7 Å². The number of anilines is 1. The molecule has 0 aliphatic carbocycles. The molecule has 33 heavy (non-hydrogen) atoms. The molecule has 0 heterocycles. The normalized spacial score (nSPS) is 12.7. The molecule has 1 N–H and O–H groups in total. The van der Waals surface area contributed by atoms with Gasteiger partial charge in [-0.3, -0.25) is 13.9 Å². The maximum absolute atomic E-state index is 13.5. The summed E-state index contributed by atoms with van der Waals surface area (Å²) in [5.74, 6) is -0.957. The predicted molar refractivity (Wildman–Crippen MR) is 133 cm³/mol. The fourth-order valence-electron chi connectivity index (χ4n) is 3.12. The summed E-state index contributed by atoms with van der Waals surface area (Å²) in [4.78, 5) is 27.7. The van der Waals surface area contributed by atoms with Crippen molar-refractivity contribution in [2.45, 2.75) is 45.8 Å². The fourth-order valence-corrected chi connectivity index (χ4v) is 4.48. The number of hydrogen-bond donors (Lipinski definition) is 1. The second kappa shape index (κ2) is 10.8. The average molecular weight is 514 g/mol. The lowest BCUT2D eigenvalue weighted by molar-refractivity contribution is -0.140. The Hall–Kier alpha value is -2.29. The number of amides is 2. The van der Waals surface area contributed by atoms with Gasteiger partial charge in [-0.1, -0.05) is 47.5 Å². The molecule has 180 valence electrons. The molecule has 0 unspecified atom stereocenters. The number of benzene rings is 2. The second-order valence-electron chi connectivity index (χ2n) is 8.74. The van der Waals surface area contributed by atoms with Gasteiger partial charge < -0.3 is 10.2 Å². The zero-order valence-electron chi connectivity index (χ0n) is 19.3. The number of sulfonamides is 1. The van der Waals surface area contributed by atoms with Crippen LogP contribution in [-0.2, 0) is 26.2 Å². The molecule has 2 amide bonds. The van der Waals surface area contributed by atoms with E-state index in [2.05, 4.69) is 5.32 Å². The van der Waals surface area contributed by atoms with Crippen LogP contribution in [0.5, 0.6) is 0 Å². The van der Waals surface area contributed by atoms with Crippen molar-refractivity contribution in [3.05, 3.63) is 64.1 Å². The standard InChI is InChI=1S/C23H29Cl2N3O4S/c1-16(22(30)26-23(2,3)4)27(14-18-19(24)12-9-13-20(18)25)21(29)15-28(33(5,31)32)17-10-7-6-8-11-17/h6-13,16H,14-15H2,1-5H3,(H,26,30)/t16-/m1/s1. The highest BCUT2D eigenvalue weighted by atomic mass is 35.5. The molecule has 0 radical (unpaired) electrons. The van der Waals surface area contributed by atoms with Gasteiger partial charge >= 0.3 is 0 Å². The van der Waals surface area contributed by atoms with E-state index in [0.29, 0.717) is 21.3 Å². The largest absolute Gasteiger partial charge is 0.350 e. The Kier molecular flexibility index (Phi) is 8.79. The smallest absolute Gasteiger partial charge is 0.244 e. The van der Waals surface area contributed by atoms with Crippen LogP contribution in [0.1, 0.15) is 33.3 Å². The Labute approximate surface area is 205 Å². The molecule has 2 aromatic rings. The minimum Gasteiger partial charge on any atom is -0.350 e. The minimum absolute atomic E-state index is 0.0670. The van der Waals surface area contributed by atoms with Crippen molar-refractivity contribution in [2.75, 3.05) is 17.1 Å². The molecule has 0 saturated carbocycles. The van der Waals surface area contributed by atoms with E-state index in [9.17, 15) is 18.0 Å². The van der Waals surface area contributed by atoms with Gasteiger partial charge in [0.1, 0.15) is 12.6 Å². The van der Waals surface area contributed by atoms with Gasteiger partial charge in [0.05, 0.1) is 11.9 Å². The minimum atomic E-state index is -3.78. The topological polar surface area (TPSA) is 86.8 Å². The van der Waals surface area contributed by atoms with E-state index in [1.807, 2.05) is 20.8 Å². The quantitative estimate of drug-likeness (QED) is 0.575. The van der Waals surface area contributed by atoms with Crippen LogP contribution in [-0.4, -0.2) is 49.5 Å². The summed E-state index contributed by atoms with van der Waals surface area (Å²) in [5.41, 5.74) is 0.288. The molecule has 0 spiro atoms. The van der Waals surface area contributed by atoms with Crippen molar-refractivity contribution in [1.29, 1.82) is 0 Å². The summed E-state index contributed by atoms with van der Waals surface area (Å²) in [6.45, 7) is 6.51. The first-order chi connectivity index (χ1) is 15.2. The molecule has 1 atom stereocenters. The highest BCUT2D eigenvalue weighted by molar-refractivity contribution is 7.92. The third kappa shape index (κ3) is 7.62. The van der Waals surface area contributed by atoms with Gasteiger partial charge in [0.15, 0.2) is 0 Å². The summed E-state index contributed by atoms with van der Waals surface area (Å²) in [6.07, 6.45) is 1.03. The van der Waals surface area contributed by atoms with Gasteiger partial charge in [-0.25, -0.2) is 8.42 Å². The van der Waals surface area contributed by atoms with E-state index < -0.39 is 34.1 Å². The summed E-state index contributed by atoms with van der Waals surface area (Å²) < 4.78 is 26.0. The van der Waals surface area contributed by atoms with Crippen LogP contribution in [0.15, 0.2) is 48.5 Å². The molecule has 2 aromatic carbocycles. The maximum atomic E-state index is 13.5. The number of nitrogens with zero attached hydrogens (tertiary/aromatic N) is 2. The maximum Gasteiger partial charge on any atom is 0.244 e. The van der Waals surface area contributed by atoms with Crippen molar-refractivity contribution in [2.24, 2.45) is 0 Å². The van der Waals surface area contributed by atoms with Gasteiger partial charge in [-0.05, 0) is 52.0 Å². The number of carbonyl (C=O) groups excluding carboxylic acids is 2. The molecule has 7 nitrogen and oxygen atoms in total. The lowest BCUT2D eigenvalue weighted by Gasteiger charge is -2.33. The molecule has 0 fully saturated rings. The number of para-hydroxylation sites is 1. The number of nitrogens with one attached hydrogen (secondary N) is 1. The Morgan fingerprint density at radius 1 is 1.00 bits per heavy atom. The fraction of sp³-hybridized carbons (Fsp3) is 0.391. The molecule has 0 aromatic heterocycles. The third-order valence-corrected chi connectivity index (χ3v) is 6.63. The van der Waals surface area contributed by atoms with E-state index in [0.717, 1.165) is 10.6 Å². The van der Waals surface area contributed by atoms with Gasteiger partial charge in [0.2, 0.25) is 21.8 Å². The Morgan fingerprint density at radius 2 is 1.55 bits per heavy atom. The number of halogens is 2. The van der Waals surface area contributed by atoms with Gasteiger partial charge in [0.25, 0.3) is 0 Å². The lowest BCUT2D eigenvalue weighted by Crippen LogP contribution is -2.54. The van der Waals surface area contributed by atoms with Gasteiger partial charge in [0, 0.05) is 27.7 Å². The summed E-state index contributed by atoms with van der Waals surface area (Å²) >= 11 is 12.6. The summed E-state index contributed by atoms with van der Waals surface area (Å²) in [6, 6.07) is 12.3. The van der Waals surface area contributed by atoms with Crippen molar-refractivity contribution in [1.82, 2.24) is 10.2 Å². The zero-order valence-corrected chi connectivity index (χ0v) is 21.6. The van der Waals surface area contributed by atoms with Crippen molar-refractivity contribution in [3.63, 3.8) is 0 Å². The number of carbonyl (C=O) groups is 2. The first kappa shape index (κ1) is 27.0. The van der Waals surface area contributed by atoms with Crippen molar-refractivity contribution < 1.29 is 18.0 Å². The Morgan fingerprint density at radius 3 is 2.03 bits per heavy atom. The average Bonchev–Trinajstić information content (AvgIpc) is 2.69. The Bertz CT molecular complexity index is 1080. The molecular formula is C23H29Cl2N3O4S. The van der Waals surface area contributed by atoms with Crippen LogP contribution in [0.25, 0.3) is 0 Å². The van der Waals surface area contributed by atoms with Crippen LogP contribution >= 0.6 is 23.2 Å². The Balaban J connectivity index is 2.44. The van der Waals surface area contributed by atoms with E-state index in [4.69, 9.17) is 23.2 Å². The molecule has 10 heteroatoms. The highest BCUT2D eigenvalue weighted by Crippen LogP contribution is 2.27. The van der Waals surface area contributed by atoms with Crippen LogP contribution in [0.3, 0.4) is 0 Å². The van der Waals surface area contributed by atoms with Crippen LogP contribution in [0, 0.1) is 0 Å². The lowest BCUT2D eigenvalue weighted by atomic mass is 10.1. The molecule has 0 aliphatic rings. The SMILES string of the molecule is C[C@H](C(=O)NC(C)(C)C)N(Cc1c(Cl)cccc1Cl)C(=O)CN(c1ccccc1)S(C)(=O)=O. The number of rotatable bonds is 8. The highest BCUT2D eigenvalue weighted by Gasteiger charge is 2.32. The molecule has 2 rings (SSSR count). The summed E-state index contributed by atoms with van der Waals surface area (Å²) in [7, 11) is -3.78. The van der Waals surface area contributed by atoms with Crippen LogP contribution < -0.4 is 9.62 Å². The number of hydrogen-bond acceptors (Lipinski definition) is 4. The molecule has 0 saturated heterocycles. The van der Waals surface area contributed by atoms with Crippen LogP contribution in [0.4, 0.5) is 5.69 Å². The second-order valence-corrected chi connectivity index (χ2v) is 11.5. The molecule has 0 bridgehead atoms. The van der Waals surface area contributed by atoms with Gasteiger partial charge in [-0.2, -0.15) is 0 Å². The predicted octanol–water partition coefficient (Wildman–Crippen LogP) is 4.09. The first-order valence-corrected chi connectivity index (χ1v) is 12.9. The molecular weight excluding hydrogens is 485 g/mol. The zero-order chi connectivity index (χ0) is 25.0. The molecule has 0 aliphatic heterocycles. The first-order valence-electron chi connectivity index (χ1n) is 10.3. The van der Waals surface area contributed by atoms with E-state index in [1.165, 1.54) is 4.90 Å². The van der Waals surface area contributed by atoms with E-state index in [-0.39, 0.29) is 12.5 Å². The third-order valence-electron chi connectivity index (χ3n) is 4.78. The van der Waals surface area contributed by atoms with E-state index >= 15 is 0 Å². The summed E-state index contributed by atoms with van der Waals surface area (Å²) in [5, 5.41) is 3.53. The monoisotopic (exact) mass is 513 g/mol. The van der Waals surface area contributed by atoms with E-state index in [1.54, 1.807) is 55.5 Å². The van der Waals surface area contributed by atoms with Gasteiger partial charge in [-0.15, -0.1) is 0 Å². The van der Waals surface area contributed by atoms with Crippen LogP contribution in [0.2, 0.25) is 10.0 Å².